The van der Waals surface area contributed by atoms with Crippen LogP contribution in [0.3, 0.4) is 0 Å². The van der Waals surface area contributed by atoms with Gasteiger partial charge in [-0.3, -0.25) is 14.9 Å². The number of hydrogen-bond donors (Lipinski definition) is 2. The summed E-state index contributed by atoms with van der Waals surface area (Å²) in [5.41, 5.74) is 2.25. The van der Waals surface area contributed by atoms with E-state index < -0.39 is 4.92 Å². The average Bonchev–Trinajstić information content (AvgIpc) is 3.38. The topological polar surface area (TPSA) is 84.3 Å². The molecule has 6 nitrogen and oxygen atoms in total. The molecule has 26 heavy (non-hydrogen) atoms. The van der Waals surface area contributed by atoms with Gasteiger partial charge in [-0.1, -0.05) is 39.0 Å². The van der Waals surface area contributed by atoms with Crippen molar-refractivity contribution in [3.05, 3.63) is 63.7 Å². The monoisotopic (exact) mass is 353 g/mol. The fourth-order valence-electron chi connectivity index (χ4n) is 2.83. The Bertz CT molecular complexity index is 852. The van der Waals surface area contributed by atoms with E-state index >= 15 is 0 Å². The Kier molecular flexibility index (Phi) is 4.68. The maximum atomic E-state index is 12.7. The van der Waals surface area contributed by atoms with Crippen LogP contribution < -0.4 is 10.6 Å². The number of nitro benzene ring substituents is 1. The molecule has 136 valence electrons. The molecule has 0 aromatic heterocycles. The molecule has 1 aliphatic carbocycles. The zero-order chi connectivity index (χ0) is 18.9. The standard InChI is InChI=1S/C20H23N3O3/c1-20(2,3)15-6-4-5-7-16(15)22-19(24)13-8-11-17(21-14-9-10-14)18(12-13)23(25)26/h4-8,11-12,14,21H,9-10H2,1-3H3,(H,22,24). The van der Waals surface area contributed by atoms with Crippen LogP contribution in [0.5, 0.6) is 0 Å². The van der Waals surface area contributed by atoms with Gasteiger partial charge in [-0.2, -0.15) is 0 Å². The van der Waals surface area contributed by atoms with Crippen molar-refractivity contribution in [2.75, 3.05) is 10.6 Å². The first-order valence-corrected chi connectivity index (χ1v) is 8.71. The zero-order valence-corrected chi connectivity index (χ0v) is 15.2. The van der Waals surface area contributed by atoms with Gasteiger partial charge in [-0.05, 0) is 42.0 Å². The Morgan fingerprint density at radius 3 is 2.42 bits per heavy atom. The summed E-state index contributed by atoms with van der Waals surface area (Å²) < 4.78 is 0. The quantitative estimate of drug-likeness (QED) is 0.602. The molecule has 1 fully saturated rings. The Morgan fingerprint density at radius 2 is 1.81 bits per heavy atom. The number of benzene rings is 2. The number of hydrogen-bond acceptors (Lipinski definition) is 4. The Hall–Kier alpha value is -2.89. The zero-order valence-electron chi connectivity index (χ0n) is 15.2. The first-order chi connectivity index (χ1) is 12.3. The minimum absolute atomic E-state index is 0.0753. The fourth-order valence-corrected chi connectivity index (χ4v) is 2.83. The highest BCUT2D eigenvalue weighted by molar-refractivity contribution is 6.05. The molecular formula is C20H23N3O3. The van der Waals surface area contributed by atoms with E-state index in [4.69, 9.17) is 0 Å². The van der Waals surface area contributed by atoms with E-state index in [1.54, 1.807) is 12.1 Å². The highest BCUT2D eigenvalue weighted by Crippen LogP contribution is 2.33. The van der Waals surface area contributed by atoms with Gasteiger partial charge in [-0.15, -0.1) is 0 Å². The summed E-state index contributed by atoms with van der Waals surface area (Å²) >= 11 is 0. The molecule has 6 heteroatoms. The number of rotatable bonds is 5. The molecule has 1 aliphatic rings. The largest absolute Gasteiger partial charge is 0.377 e. The van der Waals surface area contributed by atoms with Crippen molar-refractivity contribution >= 4 is 23.0 Å². The van der Waals surface area contributed by atoms with E-state index in [1.165, 1.54) is 6.07 Å². The van der Waals surface area contributed by atoms with Crippen LogP contribution in [-0.2, 0) is 5.41 Å². The van der Waals surface area contributed by atoms with Crippen LogP contribution in [0.25, 0.3) is 0 Å². The third-order valence-corrected chi connectivity index (χ3v) is 4.38. The number of nitrogens with zero attached hydrogens (tertiary/aromatic N) is 1. The number of carbonyl (C=O) groups excluding carboxylic acids is 1. The van der Waals surface area contributed by atoms with Crippen LogP contribution >= 0.6 is 0 Å². The molecule has 1 amide bonds. The molecule has 0 unspecified atom stereocenters. The van der Waals surface area contributed by atoms with Crippen LogP contribution in [0.2, 0.25) is 0 Å². The summed E-state index contributed by atoms with van der Waals surface area (Å²) in [6.07, 6.45) is 2.03. The molecular weight excluding hydrogens is 330 g/mol. The van der Waals surface area contributed by atoms with E-state index in [2.05, 4.69) is 31.4 Å². The number of para-hydroxylation sites is 1. The minimum atomic E-state index is -0.454. The number of amides is 1. The van der Waals surface area contributed by atoms with Gasteiger partial charge in [0, 0.05) is 23.4 Å². The van der Waals surface area contributed by atoms with Gasteiger partial charge in [0.2, 0.25) is 0 Å². The highest BCUT2D eigenvalue weighted by atomic mass is 16.6. The predicted octanol–water partition coefficient (Wildman–Crippen LogP) is 4.72. The third-order valence-electron chi connectivity index (χ3n) is 4.38. The van der Waals surface area contributed by atoms with Crippen molar-refractivity contribution < 1.29 is 9.72 Å². The SMILES string of the molecule is CC(C)(C)c1ccccc1NC(=O)c1ccc(NC2CC2)c([N+](=O)[O-])c1. The molecule has 0 radical (unpaired) electrons. The minimum Gasteiger partial charge on any atom is -0.377 e. The van der Waals surface area contributed by atoms with Crippen LogP contribution in [-0.4, -0.2) is 16.9 Å². The first-order valence-electron chi connectivity index (χ1n) is 8.71. The maximum absolute atomic E-state index is 12.7. The van der Waals surface area contributed by atoms with Gasteiger partial charge in [0.15, 0.2) is 0 Å². The number of carbonyl (C=O) groups is 1. The summed E-state index contributed by atoms with van der Waals surface area (Å²) in [6, 6.07) is 12.5. The number of nitro groups is 1. The second-order valence-electron chi connectivity index (χ2n) is 7.66. The normalized spacial score (nSPS) is 14.0. The van der Waals surface area contributed by atoms with E-state index in [0.717, 1.165) is 18.4 Å². The second kappa shape index (κ2) is 6.78. The van der Waals surface area contributed by atoms with E-state index in [1.807, 2.05) is 24.3 Å². The Labute approximate surface area is 152 Å². The lowest BCUT2D eigenvalue weighted by Crippen LogP contribution is -2.19. The van der Waals surface area contributed by atoms with Crippen LogP contribution in [0.15, 0.2) is 42.5 Å². The summed E-state index contributed by atoms with van der Waals surface area (Å²) in [4.78, 5) is 23.6. The molecule has 0 aliphatic heterocycles. The molecule has 0 atom stereocenters. The lowest BCUT2D eigenvalue weighted by molar-refractivity contribution is -0.384. The van der Waals surface area contributed by atoms with Gasteiger partial charge >= 0.3 is 0 Å². The molecule has 1 saturated carbocycles. The molecule has 3 rings (SSSR count). The highest BCUT2D eigenvalue weighted by Gasteiger charge is 2.26. The molecule has 0 spiro atoms. The van der Waals surface area contributed by atoms with Gasteiger partial charge in [0.1, 0.15) is 5.69 Å². The number of anilines is 2. The van der Waals surface area contributed by atoms with Crippen molar-refractivity contribution in [2.24, 2.45) is 0 Å². The number of nitrogens with one attached hydrogen (secondary N) is 2. The molecule has 0 bridgehead atoms. The second-order valence-corrected chi connectivity index (χ2v) is 7.66. The molecule has 2 aromatic rings. The van der Waals surface area contributed by atoms with E-state index in [0.29, 0.717) is 17.4 Å². The summed E-state index contributed by atoms with van der Waals surface area (Å²) in [6.45, 7) is 6.21. The summed E-state index contributed by atoms with van der Waals surface area (Å²) in [5.74, 6) is -0.359. The van der Waals surface area contributed by atoms with Gasteiger partial charge in [-0.25, -0.2) is 0 Å². The van der Waals surface area contributed by atoms with Gasteiger partial charge < -0.3 is 10.6 Å². The Morgan fingerprint density at radius 1 is 1.12 bits per heavy atom. The molecule has 2 aromatic carbocycles. The lowest BCUT2D eigenvalue weighted by Gasteiger charge is -2.23. The molecule has 0 heterocycles. The molecule has 0 saturated heterocycles. The van der Waals surface area contributed by atoms with Gasteiger partial charge in [0.25, 0.3) is 11.6 Å². The maximum Gasteiger partial charge on any atom is 0.293 e. The predicted molar refractivity (Wildman–Crippen MR) is 103 cm³/mol. The van der Waals surface area contributed by atoms with Crippen LogP contribution in [0.4, 0.5) is 17.1 Å². The first kappa shape index (κ1) is 17.9. The van der Waals surface area contributed by atoms with Gasteiger partial charge in [0.05, 0.1) is 4.92 Å². The summed E-state index contributed by atoms with van der Waals surface area (Å²) in [7, 11) is 0. The van der Waals surface area contributed by atoms with Crippen LogP contribution in [0, 0.1) is 10.1 Å². The van der Waals surface area contributed by atoms with Crippen molar-refractivity contribution in [1.82, 2.24) is 0 Å². The average molecular weight is 353 g/mol. The lowest BCUT2D eigenvalue weighted by atomic mass is 9.86. The van der Waals surface area contributed by atoms with E-state index in [9.17, 15) is 14.9 Å². The summed E-state index contributed by atoms with van der Waals surface area (Å²) in [5, 5.41) is 17.4. The third kappa shape index (κ3) is 4.02. The fraction of sp³-hybridized carbons (Fsp3) is 0.350. The van der Waals surface area contributed by atoms with Crippen molar-refractivity contribution in [3.8, 4) is 0 Å². The van der Waals surface area contributed by atoms with Crippen molar-refractivity contribution in [2.45, 2.75) is 45.1 Å². The molecule has 2 N–H and O–H groups in total. The van der Waals surface area contributed by atoms with E-state index in [-0.39, 0.29) is 22.6 Å². The van der Waals surface area contributed by atoms with Crippen LogP contribution in [0.1, 0.15) is 49.5 Å². The smallest absolute Gasteiger partial charge is 0.293 e. The van der Waals surface area contributed by atoms with Crippen molar-refractivity contribution in [3.63, 3.8) is 0 Å². The Balaban J connectivity index is 1.86. The van der Waals surface area contributed by atoms with Crippen molar-refractivity contribution in [1.29, 1.82) is 0 Å².